The maximum absolute atomic E-state index is 12.8. The van der Waals surface area contributed by atoms with Gasteiger partial charge in [-0.15, -0.1) is 0 Å². The van der Waals surface area contributed by atoms with Gasteiger partial charge in [0.15, 0.2) is 5.60 Å². The second kappa shape index (κ2) is 6.61. The van der Waals surface area contributed by atoms with Crippen LogP contribution in [0.5, 0.6) is 5.75 Å². The summed E-state index contributed by atoms with van der Waals surface area (Å²) in [6.45, 7) is 1.39. The maximum atomic E-state index is 12.8. The number of ether oxygens (including phenoxy) is 1. The molecule has 0 unspecified atom stereocenters. The molecule has 0 bridgehead atoms. The number of piperidine rings is 1. The van der Waals surface area contributed by atoms with Crippen molar-refractivity contribution in [3.63, 3.8) is 0 Å². The smallest absolute Gasteiger partial charge is 0.417 e. The standard InChI is InChI=1S/C18H20F3NO2/c19-18(20,21)17(23)7-9-22(10-8-17)11-12-24-16-6-5-14-3-1-2-4-15(14)13-16/h1-6,13,23H,7-12H2. The fourth-order valence-corrected chi connectivity index (χ4v) is 2.98. The van der Waals surface area contributed by atoms with Crippen LogP contribution < -0.4 is 4.74 Å². The number of nitrogens with zero attached hydrogens (tertiary/aromatic N) is 1. The average Bonchev–Trinajstić information content (AvgIpc) is 2.56. The molecule has 0 radical (unpaired) electrons. The van der Waals surface area contributed by atoms with Crippen LogP contribution >= 0.6 is 0 Å². The van der Waals surface area contributed by atoms with Crippen molar-refractivity contribution in [3.8, 4) is 5.75 Å². The van der Waals surface area contributed by atoms with Crippen LogP contribution in [0.15, 0.2) is 42.5 Å². The molecule has 6 heteroatoms. The summed E-state index contributed by atoms with van der Waals surface area (Å²) in [6, 6.07) is 13.8. The highest BCUT2D eigenvalue weighted by Gasteiger charge is 2.54. The third-order valence-corrected chi connectivity index (χ3v) is 4.61. The zero-order chi connectivity index (χ0) is 17.2. The number of hydrogen-bond donors (Lipinski definition) is 1. The normalized spacial score (nSPS) is 18.7. The third-order valence-electron chi connectivity index (χ3n) is 4.61. The topological polar surface area (TPSA) is 32.7 Å². The Labute approximate surface area is 138 Å². The highest BCUT2D eigenvalue weighted by atomic mass is 19.4. The van der Waals surface area contributed by atoms with Crippen LogP contribution in [-0.2, 0) is 0 Å². The van der Waals surface area contributed by atoms with Crippen molar-refractivity contribution >= 4 is 10.8 Å². The lowest BCUT2D eigenvalue weighted by Crippen LogP contribution is -2.53. The van der Waals surface area contributed by atoms with Gasteiger partial charge in [-0.3, -0.25) is 4.90 Å². The van der Waals surface area contributed by atoms with E-state index < -0.39 is 11.8 Å². The molecule has 1 fully saturated rings. The molecule has 1 saturated heterocycles. The predicted molar refractivity (Wildman–Crippen MR) is 86.1 cm³/mol. The van der Waals surface area contributed by atoms with Crippen LogP contribution in [0.2, 0.25) is 0 Å². The van der Waals surface area contributed by atoms with Crippen molar-refractivity contribution in [1.29, 1.82) is 0 Å². The van der Waals surface area contributed by atoms with Crippen LogP contribution in [0.1, 0.15) is 12.8 Å². The van der Waals surface area contributed by atoms with E-state index in [2.05, 4.69) is 0 Å². The summed E-state index contributed by atoms with van der Waals surface area (Å²) in [7, 11) is 0. The summed E-state index contributed by atoms with van der Waals surface area (Å²) < 4.78 is 44.0. The molecule has 0 aliphatic carbocycles. The number of benzene rings is 2. The third kappa shape index (κ3) is 3.65. The maximum Gasteiger partial charge on any atom is 0.417 e. The van der Waals surface area contributed by atoms with Crippen molar-refractivity contribution in [2.45, 2.75) is 24.6 Å². The summed E-state index contributed by atoms with van der Waals surface area (Å²) in [5.41, 5.74) is -2.54. The van der Waals surface area contributed by atoms with Crippen LogP contribution in [0.3, 0.4) is 0 Å². The first kappa shape index (κ1) is 17.0. The van der Waals surface area contributed by atoms with E-state index >= 15 is 0 Å². The number of alkyl halides is 3. The molecule has 3 nitrogen and oxygen atoms in total. The molecule has 1 aliphatic rings. The van der Waals surface area contributed by atoms with Gasteiger partial charge in [0.2, 0.25) is 0 Å². The Morgan fingerprint density at radius 3 is 2.38 bits per heavy atom. The zero-order valence-corrected chi connectivity index (χ0v) is 13.2. The van der Waals surface area contributed by atoms with Gasteiger partial charge in [0.25, 0.3) is 0 Å². The van der Waals surface area contributed by atoms with E-state index in [9.17, 15) is 18.3 Å². The summed E-state index contributed by atoms with van der Waals surface area (Å²) in [4.78, 5) is 1.89. The highest BCUT2D eigenvalue weighted by Crippen LogP contribution is 2.38. The van der Waals surface area contributed by atoms with Crippen LogP contribution in [0, 0.1) is 0 Å². The van der Waals surface area contributed by atoms with Gasteiger partial charge in [-0.2, -0.15) is 13.2 Å². The Morgan fingerprint density at radius 1 is 1.04 bits per heavy atom. The average molecular weight is 339 g/mol. The summed E-state index contributed by atoms with van der Waals surface area (Å²) in [6.07, 6.45) is -5.13. The molecule has 1 heterocycles. The number of fused-ring (bicyclic) bond motifs is 1. The molecular weight excluding hydrogens is 319 g/mol. The largest absolute Gasteiger partial charge is 0.492 e. The molecule has 24 heavy (non-hydrogen) atoms. The van der Waals surface area contributed by atoms with Crippen molar-refractivity contribution in [3.05, 3.63) is 42.5 Å². The first-order valence-electron chi connectivity index (χ1n) is 8.00. The zero-order valence-electron chi connectivity index (χ0n) is 13.2. The molecule has 130 valence electrons. The van der Waals surface area contributed by atoms with Gasteiger partial charge in [-0.05, 0) is 35.7 Å². The summed E-state index contributed by atoms with van der Waals surface area (Å²) in [5, 5.41) is 11.9. The van der Waals surface area contributed by atoms with Gasteiger partial charge in [0.1, 0.15) is 12.4 Å². The Morgan fingerprint density at radius 2 is 1.71 bits per heavy atom. The minimum absolute atomic E-state index is 0.219. The van der Waals surface area contributed by atoms with Gasteiger partial charge in [-0.25, -0.2) is 0 Å². The molecular formula is C18H20F3NO2. The number of aliphatic hydroxyl groups is 1. The van der Waals surface area contributed by atoms with Crippen molar-refractivity contribution < 1.29 is 23.0 Å². The SMILES string of the molecule is OC1(C(F)(F)F)CCN(CCOc2ccc3ccccc3c2)CC1. The number of likely N-dealkylation sites (tertiary alicyclic amines) is 1. The molecule has 1 aliphatic heterocycles. The van der Waals surface area contributed by atoms with E-state index in [1.807, 2.05) is 47.4 Å². The first-order valence-corrected chi connectivity index (χ1v) is 8.00. The minimum Gasteiger partial charge on any atom is -0.492 e. The molecule has 3 rings (SSSR count). The van der Waals surface area contributed by atoms with Gasteiger partial charge in [0, 0.05) is 19.6 Å². The van der Waals surface area contributed by atoms with Gasteiger partial charge in [-0.1, -0.05) is 30.3 Å². The molecule has 0 saturated carbocycles. The Hall–Kier alpha value is -1.79. The number of rotatable bonds is 4. The molecule has 2 aromatic rings. The molecule has 1 N–H and O–H groups in total. The van der Waals surface area contributed by atoms with Gasteiger partial charge >= 0.3 is 6.18 Å². The molecule has 0 aromatic heterocycles. The van der Waals surface area contributed by atoms with E-state index in [1.54, 1.807) is 0 Å². The number of hydrogen-bond acceptors (Lipinski definition) is 3. The number of halogens is 3. The lowest BCUT2D eigenvalue weighted by Gasteiger charge is -2.39. The summed E-state index contributed by atoms with van der Waals surface area (Å²) >= 11 is 0. The highest BCUT2D eigenvalue weighted by molar-refractivity contribution is 5.83. The first-order chi connectivity index (χ1) is 11.4. The Bertz CT molecular complexity index is 694. The molecule has 0 atom stereocenters. The quantitative estimate of drug-likeness (QED) is 0.924. The molecule has 2 aromatic carbocycles. The predicted octanol–water partition coefficient (Wildman–Crippen LogP) is 3.61. The lowest BCUT2D eigenvalue weighted by molar-refractivity contribution is -0.272. The Balaban J connectivity index is 1.48. The fourth-order valence-electron chi connectivity index (χ4n) is 2.98. The van der Waals surface area contributed by atoms with E-state index in [4.69, 9.17) is 4.74 Å². The second-order valence-corrected chi connectivity index (χ2v) is 6.23. The van der Waals surface area contributed by atoms with E-state index in [0.717, 1.165) is 16.5 Å². The van der Waals surface area contributed by atoms with E-state index in [1.165, 1.54) is 0 Å². The summed E-state index contributed by atoms with van der Waals surface area (Å²) in [5.74, 6) is 0.748. The van der Waals surface area contributed by atoms with E-state index in [0.29, 0.717) is 13.2 Å². The minimum atomic E-state index is -4.55. The van der Waals surface area contributed by atoms with Crippen LogP contribution in [0.4, 0.5) is 13.2 Å². The van der Waals surface area contributed by atoms with Crippen molar-refractivity contribution in [1.82, 2.24) is 4.90 Å². The van der Waals surface area contributed by atoms with Gasteiger partial charge < -0.3 is 9.84 Å². The second-order valence-electron chi connectivity index (χ2n) is 6.23. The van der Waals surface area contributed by atoms with E-state index in [-0.39, 0.29) is 25.9 Å². The van der Waals surface area contributed by atoms with Crippen molar-refractivity contribution in [2.24, 2.45) is 0 Å². The fraction of sp³-hybridized carbons (Fsp3) is 0.444. The Kier molecular flexibility index (Phi) is 4.69. The van der Waals surface area contributed by atoms with Gasteiger partial charge in [0.05, 0.1) is 0 Å². The van der Waals surface area contributed by atoms with Crippen molar-refractivity contribution in [2.75, 3.05) is 26.2 Å². The van der Waals surface area contributed by atoms with Crippen LogP contribution in [0.25, 0.3) is 10.8 Å². The van der Waals surface area contributed by atoms with Crippen LogP contribution in [-0.4, -0.2) is 48.0 Å². The lowest BCUT2D eigenvalue weighted by atomic mass is 9.91. The molecule has 0 spiro atoms. The monoisotopic (exact) mass is 339 g/mol. The molecule has 0 amide bonds.